The lowest BCUT2D eigenvalue weighted by molar-refractivity contribution is 0.289. The summed E-state index contributed by atoms with van der Waals surface area (Å²) in [5.41, 5.74) is 1.07. The molecular formula is C13H19N3O2S2. The summed E-state index contributed by atoms with van der Waals surface area (Å²) in [5, 5.41) is 1.76. The molecule has 0 saturated carbocycles. The first-order chi connectivity index (χ1) is 9.42. The van der Waals surface area contributed by atoms with Gasteiger partial charge in [-0.1, -0.05) is 6.07 Å². The molecule has 0 radical (unpaired) electrons. The maximum Gasteiger partial charge on any atom is 0.250 e. The minimum absolute atomic E-state index is 0.00950. The number of thiophene rings is 1. The average molecular weight is 313 g/mol. The Labute approximate surface area is 123 Å². The standard InChI is InChI=1S/C13H19N3O2S2/c1-15(2)12(11-6-4-8-16(11)3)10-14-20(17,18)13-7-5-9-19-13/h4-9,12,14H,10H2,1-3H3. The Morgan fingerprint density at radius 2 is 2.10 bits per heavy atom. The van der Waals surface area contributed by atoms with Crippen molar-refractivity contribution in [1.29, 1.82) is 0 Å². The molecule has 1 N–H and O–H groups in total. The fraction of sp³-hybridized carbons (Fsp3) is 0.385. The molecule has 2 rings (SSSR count). The monoisotopic (exact) mass is 313 g/mol. The lowest BCUT2D eigenvalue weighted by Crippen LogP contribution is -2.35. The van der Waals surface area contributed by atoms with Gasteiger partial charge in [0.05, 0.1) is 6.04 Å². The van der Waals surface area contributed by atoms with E-state index in [1.165, 1.54) is 11.3 Å². The van der Waals surface area contributed by atoms with Gasteiger partial charge in [0.15, 0.2) is 0 Å². The van der Waals surface area contributed by atoms with Gasteiger partial charge in [-0.05, 0) is 37.7 Å². The van der Waals surface area contributed by atoms with Crippen LogP contribution in [0.4, 0.5) is 0 Å². The van der Waals surface area contributed by atoms with Gasteiger partial charge in [-0.25, -0.2) is 13.1 Å². The number of aryl methyl sites for hydroxylation is 1. The number of sulfonamides is 1. The topological polar surface area (TPSA) is 54.3 Å². The van der Waals surface area contributed by atoms with Crippen LogP contribution in [0.2, 0.25) is 0 Å². The fourth-order valence-corrected chi connectivity index (χ4v) is 4.12. The minimum Gasteiger partial charge on any atom is -0.353 e. The van der Waals surface area contributed by atoms with Crippen molar-refractivity contribution in [3.8, 4) is 0 Å². The maximum absolute atomic E-state index is 12.1. The Hall–Kier alpha value is -1.15. The highest BCUT2D eigenvalue weighted by molar-refractivity contribution is 7.91. The third kappa shape index (κ3) is 3.29. The normalized spacial score (nSPS) is 13.8. The molecule has 1 atom stereocenters. The summed E-state index contributed by atoms with van der Waals surface area (Å²) >= 11 is 1.22. The van der Waals surface area contributed by atoms with Crippen LogP contribution < -0.4 is 4.72 Å². The van der Waals surface area contributed by atoms with Crippen LogP contribution in [0, 0.1) is 0 Å². The first kappa shape index (κ1) is 15.2. The lowest BCUT2D eigenvalue weighted by Gasteiger charge is -2.25. The molecule has 1 unspecified atom stereocenters. The molecule has 2 heterocycles. The molecule has 5 nitrogen and oxygen atoms in total. The highest BCUT2D eigenvalue weighted by Crippen LogP contribution is 2.20. The number of nitrogens with zero attached hydrogens (tertiary/aromatic N) is 2. The summed E-state index contributed by atoms with van der Waals surface area (Å²) in [4.78, 5) is 2.01. The van der Waals surface area contributed by atoms with E-state index < -0.39 is 10.0 Å². The van der Waals surface area contributed by atoms with Crippen LogP contribution in [-0.4, -0.2) is 38.5 Å². The Kier molecular flexibility index (Phi) is 4.64. The van der Waals surface area contributed by atoms with Gasteiger partial charge in [0, 0.05) is 25.5 Å². The molecule has 0 fully saturated rings. The van der Waals surface area contributed by atoms with Gasteiger partial charge in [-0.2, -0.15) is 0 Å². The fourth-order valence-electron chi connectivity index (χ4n) is 2.05. The molecular weight excluding hydrogens is 294 g/mol. The molecule has 0 saturated heterocycles. The van der Waals surface area contributed by atoms with Crippen molar-refractivity contribution in [3.05, 3.63) is 41.5 Å². The van der Waals surface area contributed by atoms with Crippen LogP contribution in [0.3, 0.4) is 0 Å². The molecule has 7 heteroatoms. The van der Waals surface area contributed by atoms with Crippen LogP contribution >= 0.6 is 11.3 Å². The first-order valence-electron chi connectivity index (χ1n) is 6.22. The van der Waals surface area contributed by atoms with Crippen molar-refractivity contribution < 1.29 is 8.42 Å². The molecule has 2 aromatic heterocycles. The van der Waals surface area contributed by atoms with E-state index in [2.05, 4.69) is 4.72 Å². The van der Waals surface area contributed by atoms with Crippen molar-refractivity contribution in [2.24, 2.45) is 7.05 Å². The summed E-state index contributed by atoms with van der Waals surface area (Å²) in [6.45, 7) is 0.338. The van der Waals surface area contributed by atoms with Gasteiger partial charge in [0.2, 0.25) is 10.0 Å². The van der Waals surface area contributed by atoms with E-state index in [9.17, 15) is 8.42 Å². The van der Waals surface area contributed by atoms with Crippen molar-refractivity contribution in [2.75, 3.05) is 20.6 Å². The smallest absolute Gasteiger partial charge is 0.250 e. The molecule has 0 aliphatic heterocycles. The van der Waals surface area contributed by atoms with E-state index in [1.54, 1.807) is 17.5 Å². The van der Waals surface area contributed by atoms with Gasteiger partial charge >= 0.3 is 0 Å². The highest BCUT2D eigenvalue weighted by Gasteiger charge is 2.21. The molecule has 0 aliphatic rings. The SMILES string of the molecule is CN(C)C(CNS(=O)(=O)c1cccs1)c1cccn1C. The first-order valence-corrected chi connectivity index (χ1v) is 8.59. The number of likely N-dealkylation sites (N-methyl/N-ethyl adjacent to an activating group) is 1. The largest absolute Gasteiger partial charge is 0.353 e. The molecule has 2 aromatic rings. The Bertz CT molecular complexity index is 645. The summed E-state index contributed by atoms with van der Waals surface area (Å²) in [5.74, 6) is 0. The van der Waals surface area contributed by atoms with E-state index in [4.69, 9.17) is 0 Å². The van der Waals surface area contributed by atoms with E-state index in [-0.39, 0.29) is 6.04 Å². The third-order valence-electron chi connectivity index (χ3n) is 3.18. The van der Waals surface area contributed by atoms with Crippen molar-refractivity contribution in [3.63, 3.8) is 0 Å². The van der Waals surface area contributed by atoms with Gasteiger partial charge in [-0.15, -0.1) is 11.3 Å². The summed E-state index contributed by atoms with van der Waals surface area (Å²) < 4.78 is 29.3. The van der Waals surface area contributed by atoms with Crippen LogP contribution in [0.25, 0.3) is 0 Å². The van der Waals surface area contributed by atoms with E-state index in [0.717, 1.165) is 5.69 Å². The van der Waals surface area contributed by atoms with Crippen LogP contribution in [0.1, 0.15) is 11.7 Å². The van der Waals surface area contributed by atoms with E-state index >= 15 is 0 Å². The molecule has 0 aromatic carbocycles. The van der Waals surface area contributed by atoms with Crippen LogP contribution in [0.15, 0.2) is 40.1 Å². The molecule has 20 heavy (non-hydrogen) atoms. The number of rotatable bonds is 6. The van der Waals surface area contributed by atoms with Crippen molar-refractivity contribution in [1.82, 2.24) is 14.2 Å². The number of hydrogen-bond donors (Lipinski definition) is 1. The average Bonchev–Trinajstić information content (AvgIpc) is 3.01. The Morgan fingerprint density at radius 1 is 1.35 bits per heavy atom. The van der Waals surface area contributed by atoms with Crippen LogP contribution in [0.5, 0.6) is 0 Å². The minimum atomic E-state index is -3.42. The van der Waals surface area contributed by atoms with Gasteiger partial charge in [-0.3, -0.25) is 4.90 Å². The zero-order valence-corrected chi connectivity index (χ0v) is 13.4. The zero-order valence-electron chi connectivity index (χ0n) is 11.8. The Balaban J connectivity index is 2.13. The molecule has 0 bridgehead atoms. The van der Waals surface area contributed by atoms with Crippen molar-refractivity contribution in [2.45, 2.75) is 10.3 Å². The molecule has 0 spiro atoms. The van der Waals surface area contributed by atoms with Gasteiger partial charge in [0.1, 0.15) is 4.21 Å². The zero-order chi connectivity index (χ0) is 14.8. The lowest BCUT2D eigenvalue weighted by atomic mass is 10.2. The second-order valence-electron chi connectivity index (χ2n) is 4.81. The highest BCUT2D eigenvalue weighted by atomic mass is 32.2. The Morgan fingerprint density at radius 3 is 2.60 bits per heavy atom. The predicted molar refractivity (Wildman–Crippen MR) is 81.3 cm³/mol. The van der Waals surface area contributed by atoms with E-state index in [0.29, 0.717) is 10.8 Å². The third-order valence-corrected chi connectivity index (χ3v) is 6.00. The molecule has 0 amide bonds. The molecule has 110 valence electrons. The van der Waals surface area contributed by atoms with Crippen molar-refractivity contribution >= 4 is 21.4 Å². The quantitative estimate of drug-likeness (QED) is 0.882. The van der Waals surface area contributed by atoms with Crippen LogP contribution in [-0.2, 0) is 17.1 Å². The summed E-state index contributed by atoms with van der Waals surface area (Å²) in [6.07, 6.45) is 1.96. The number of nitrogens with one attached hydrogen (secondary N) is 1. The second-order valence-corrected chi connectivity index (χ2v) is 7.75. The van der Waals surface area contributed by atoms with Gasteiger partial charge in [0.25, 0.3) is 0 Å². The summed E-state index contributed by atoms with van der Waals surface area (Å²) in [7, 11) is 2.42. The second kappa shape index (κ2) is 6.09. The predicted octanol–water partition coefficient (Wildman–Crippen LogP) is 1.67. The van der Waals surface area contributed by atoms with E-state index in [1.807, 2.05) is 48.9 Å². The molecule has 0 aliphatic carbocycles. The van der Waals surface area contributed by atoms with Gasteiger partial charge < -0.3 is 4.57 Å². The summed E-state index contributed by atoms with van der Waals surface area (Å²) in [6, 6.07) is 7.30. The number of aromatic nitrogens is 1. The maximum atomic E-state index is 12.1. The number of hydrogen-bond acceptors (Lipinski definition) is 4.